The molecule has 0 spiro atoms. The Morgan fingerprint density at radius 2 is 1.92 bits per heavy atom. The minimum atomic E-state index is -0.518. The van der Waals surface area contributed by atoms with Crippen LogP contribution in [-0.4, -0.2) is 48.5 Å². The van der Waals surface area contributed by atoms with Gasteiger partial charge in [0.15, 0.2) is 12.4 Å². The number of nitro benzene ring substituents is 1. The van der Waals surface area contributed by atoms with Gasteiger partial charge in [0.1, 0.15) is 0 Å². The van der Waals surface area contributed by atoms with Crippen LogP contribution >= 0.6 is 12.4 Å². The van der Waals surface area contributed by atoms with E-state index in [9.17, 15) is 14.9 Å². The van der Waals surface area contributed by atoms with Gasteiger partial charge in [-0.15, -0.1) is 12.4 Å². The average Bonchev–Trinajstić information content (AvgIpc) is 2.59. The maximum Gasteiger partial charge on any atom is 0.310 e. The van der Waals surface area contributed by atoms with Crippen LogP contribution in [0, 0.1) is 10.1 Å². The highest BCUT2D eigenvalue weighted by atomic mass is 35.5. The first kappa shape index (κ1) is 21.2. The van der Waals surface area contributed by atoms with Crippen LogP contribution in [0.15, 0.2) is 24.3 Å². The van der Waals surface area contributed by atoms with Crippen molar-refractivity contribution < 1.29 is 14.5 Å². The average molecular weight is 372 g/mol. The van der Waals surface area contributed by atoms with Crippen molar-refractivity contribution in [2.75, 3.05) is 27.2 Å². The van der Waals surface area contributed by atoms with E-state index >= 15 is 0 Å². The van der Waals surface area contributed by atoms with E-state index < -0.39 is 4.92 Å². The number of rotatable bonds is 7. The summed E-state index contributed by atoms with van der Waals surface area (Å²) in [7, 11) is 4.09. The van der Waals surface area contributed by atoms with Gasteiger partial charge < -0.3 is 15.0 Å². The number of hydrogen-bond acceptors (Lipinski definition) is 5. The number of amides is 1. The van der Waals surface area contributed by atoms with Crippen LogP contribution in [0.5, 0.6) is 5.75 Å². The Morgan fingerprint density at radius 3 is 2.52 bits per heavy atom. The van der Waals surface area contributed by atoms with E-state index in [0.717, 1.165) is 12.8 Å². The van der Waals surface area contributed by atoms with Gasteiger partial charge in [-0.05, 0) is 33.0 Å². The predicted octanol–water partition coefficient (Wildman–Crippen LogP) is 2.78. The summed E-state index contributed by atoms with van der Waals surface area (Å²) < 4.78 is 5.33. The van der Waals surface area contributed by atoms with E-state index in [0.29, 0.717) is 6.54 Å². The molecule has 1 saturated carbocycles. The minimum absolute atomic E-state index is 0. The number of carbonyl (C=O) groups is 1. The lowest BCUT2D eigenvalue weighted by molar-refractivity contribution is -0.385. The lowest BCUT2D eigenvalue weighted by Gasteiger charge is -2.43. The fraction of sp³-hybridized carbons (Fsp3) is 0.588. The maximum absolute atomic E-state index is 12.1. The SMILES string of the molecule is CN(C)C1(CNC(=O)COc2ccccc2[N+](=O)[O-])CCCCC1.Cl. The molecule has 0 radical (unpaired) electrons. The number of carbonyl (C=O) groups excluding carboxylic acids is 1. The standard InChI is InChI=1S/C17H25N3O4.ClH/c1-19(2)17(10-6-3-7-11-17)13-18-16(21)12-24-15-9-5-4-8-14(15)20(22)23;/h4-5,8-9H,3,6-7,10-13H2,1-2H3,(H,18,21);1H. The maximum atomic E-state index is 12.1. The first-order valence-electron chi connectivity index (χ1n) is 8.25. The fourth-order valence-electron chi connectivity index (χ4n) is 3.18. The molecule has 8 heteroatoms. The second-order valence-electron chi connectivity index (χ2n) is 6.47. The van der Waals surface area contributed by atoms with Crippen molar-refractivity contribution >= 4 is 24.0 Å². The van der Waals surface area contributed by atoms with Crippen LogP contribution in [0.4, 0.5) is 5.69 Å². The van der Waals surface area contributed by atoms with E-state index in [4.69, 9.17) is 4.74 Å². The third-order valence-electron chi connectivity index (χ3n) is 4.77. The van der Waals surface area contributed by atoms with Gasteiger partial charge in [-0.1, -0.05) is 31.4 Å². The molecule has 1 fully saturated rings. The van der Waals surface area contributed by atoms with Gasteiger partial charge in [0, 0.05) is 18.2 Å². The van der Waals surface area contributed by atoms with Crippen LogP contribution in [0.3, 0.4) is 0 Å². The number of benzene rings is 1. The highest BCUT2D eigenvalue weighted by Gasteiger charge is 2.34. The molecule has 1 aromatic carbocycles. The third kappa shape index (κ3) is 5.57. The molecule has 0 saturated heterocycles. The summed E-state index contributed by atoms with van der Waals surface area (Å²) in [5, 5.41) is 13.9. The summed E-state index contributed by atoms with van der Waals surface area (Å²) in [6, 6.07) is 6.06. The zero-order valence-electron chi connectivity index (χ0n) is 14.7. The molecule has 1 amide bonds. The summed E-state index contributed by atoms with van der Waals surface area (Å²) in [6.45, 7) is 0.341. The van der Waals surface area contributed by atoms with E-state index in [1.165, 1.54) is 31.4 Å². The first-order chi connectivity index (χ1) is 11.4. The number of ether oxygens (including phenoxy) is 1. The molecule has 2 rings (SSSR count). The Morgan fingerprint density at radius 1 is 1.28 bits per heavy atom. The van der Waals surface area contributed by atoms with E-state index in [1.54, 1.807) is 12.1 Å². The predicted molar refractivity (Wildman–Crippen MR) is 98.4 cm³/mol. The van der Waals surface area contributed by atoms with Crippen molar-refractivity contribution in [3.8, 4) is 5.75 Å². The van der Waals surface area contributed by atoms with Gasteiger partial charge in [0.2, 0.25) is 0 Å². The quantitative estimate of drug-likeness (QED) is 0.588. The van der Waals surface area contributed by atoms with Crippen molar-refractivity contribution in [1.29, 1.82) is 0 Å². The largest absolute Gasteiger partial charge is 0.477 e. The van der Waals surface area contributed by atoms with E-state index in [1.807, 2.05) is 14.1 Å². The summed E-state index contributed by atoms with van der Waals surface area (Å²) in [4.78, 5) is 24.7. The van der Waals surface area contributed by atoms with Gasteiger partial charge in [-0.3, -0.25) is 14.9 Å². The molecule has 1 aliphatic rings. The number of nitrogens with one attached hydrogen (secondary N) is 1. The Labute approximate surface area is 154 Å². The summed E-state index contributed by atoms with van der Waals surface area (Å²) >= 11 is 0. The number of hydrogen-bond donors (Lipinski definition) is 1. The molecule has 25 heavy (non-hydrogen) atoms. The van der Waals surface area contributed by atoms with E-state index in [2.05, 4.69) is 10.2 Å². The number of nitrogens with zero attached hydrogens (tertiary/aromatic N) is 2. The van der Waals surface area contributed by atoms with Gasteiger partial charge >= 0.3 is 5.69 Å². The number of halogens is 1. The molecule has 0 aromatic heterocycles. The molecular weight excluding hydrogens is 346 g/mol. The smallest absolute Gasteiger partial charge is 0.310 e. The lowest BCUT2D eigenvalue weighted by atomic mass is 9.80. The topological polar surface area (TPSA) is 84.7 Å². The zero-order chi connectivity index (χ0) is 17.6. The summed E-state index contributed by atoms with van der Waals surface area (Å²) in [5.74, 6) is -0.155. The van der Waals surface area contributed by atoms with Crippen molar-refractivity contribution in [3.05, 3.63) is 34.4 Å². The molecule has 1 aromatic rings. The molecular formula is C17H26ClN3O4. The van der Waals surface area contributed by atoms with Crippen LogP contribution in [0.2, 0.25) is 0 Å². The fourth-order valence-corrected chi connectivity index (χ4v) is 3.18. The highest BCUT2D eigenvalue weighted by Crippen LogP contribution is 2.31. The van der Waals surface area contributed by atoms with Crippen molar-refractivity contribution in [3.63, 3.8) is 0 Å². The molecule has 1 aliphatic carbocycles. The number of likely N-dealkylation sites (N-methyl/N-ethyl adjacent to an activating group) is 1. The summed E-state index contributed by atoms with van der Waals surface area (Å²) in [5.41, 5.74) is -0.144. The molecule has 7 nitrogen and oxygen atoms in total. The Bertz CT molecular complexity index is 589. The van der Waals surface area contributed by atoms with Crippen LogP contribution in [0.25, 0.3) is 0 Å². The van der Waals surface area contributed by atoms with Crippen molar-refractivity contribution in [2.45, 2.75) is 37.6 Å². The normalized spacial score (nSPS) is 16.0. The molecule has 0 atom stereocenters. The van der Waals surface area contributed by atoms with E-state index in [-0.39, 0.29) is 41.9 Å². The van der Waals surface area contributed by atoms with Gasteiger partial charge in [-0.2, -0.15) is 0 Å². The summed E-state index contributed by atoms with van der Waals surface area (Å²) in [6.07, 6.45) is 5.70. The zero-order valence-corrected chi connectivity index (χ0v) is 15.5. The Kier molecular flexibility index (Phi) is 8.12. The lowest BCUT2D eigenvalue weighted by Crippen LogP contribution is -2.54. The molecule has 140 valence electrons. The second-order valence-corrected chi connectivity index (χ2v) is 6.47. The highest BCUT2D eigenvalue weighted by molar-refractivity contribution is 5.85. The third-order valence-corrected chi connectivity index (χ3v) is 4.77. The monoisotopic (exact) mass is 371 g/mol. The molecule has 1 N–H and O–H groups in total. The Balaban J connectivity index is 0.00000312. The number of para-hydroxylation sites is 2. The van der Waals surface area contributed by atoms with Crippen LogP contribution in [-0.2, 0) is 4.79 Å². The minimum Gasteiger partial charge on any atom is -0.477 e. The van der Waals surface area contributed by atoms with Gasteiger partial charge in [0.25, 0.3) is 5.91 Å². The Hall–Kier alpha value is -1.86. The van der Waals surface area contributed by atoms with Gasteiger partial charge in [-0.25, -0.2) is 0 Å². The first-order valence-corrected chi connectivity index (χ1v) is 8.25. The molecule has 0 unspecified atom stereocenters. The van der Waals surface area contributed by atoms with Gasteiger partial charge in [0.05, 0.1) is 4.92 Å². The van der Waals surface area contributed by atoms with Crippen molar-refractivity contribution in [2.24, 2.45) is 0 Å². The molecule has 0 bridgehead atoms. The number of nitro groups is 1. The molecule has 0 aliphatic heterocycles. The van der Waals surface area contributed by atoms with Crippen LogP contribution < -0.4 is 10.1 Å². The second kappa shape index (κ2) is 9.58. The van der Waals surface area contributed by atoms with Crippen molar-refractivity contribution in [1.82, 2.24) is 10.2 Å². The molecule has 0 heterocycles. The van der Waals surface area contributed by atoms with Crippen LogP contribution in [0.1, 0.15) is 32.1 Å².